The number of thiophene rings is 1. The molecule has 0 saturated carbocycles. The van der Waals surface area contributed by atoms with E-state index < -0.39 is 23.5 Å². The fourth-order valence-electron chi connectivity index (χ4n) is 4.46. The average molecular weight is 632 g/mol. The van der Waals surface area contributed by atoms with Crippen molar-refractivity contribution in [2.45, 2.75) is 22.7 Å². The summed E-state index contributed by atoms with van der Waals surface area (Å²) < 4.78 is 6.58. The number of benzene rings is 3. The topological polar surface area (TPSA) is 92.6 Å². The molecule has 0 spiro atoms. The van der Waals surface area contributed by atoms with Crippen molar-refractivity contribution < 1.29 is 19.4 Å². The van der Waals surface area contributed by atoms with Crippen LogP contribution in [0, 0.1) is 0 Å². The Morgan fingerprint density at radius 2 is 1.71 bits per heavy atom. The van der Waals surface area contributed by atoms with E-state index in [-0.39, 0.29) is 10.7 Å². The van der Waals surface area contributed by atoms with Crippen molar-refractivity contribution >= 4 is 62.9 Å². The van der Waals surface area contributed by atoms with Crippen LogP contribution in [0.2, 0.25) is 5.02 Å². The number of Topliss-reactive ketones (excluding diaryl/α,β-unsaturated/α-hetero) is 1. The van der Waals surface area contributed by atoms with E-state index in [1.165, 1.54) is 39.3 Å². The number of aliphatic hydroxyl groups excluding tert-OH is 1. The molecule has 3 aromatic carbocycles. The summed E-state index contributed by atoms with van der Waals surface area (Å²) in [7, 11) is 0. The summed E-state index contributed by atoms with van der Waals surface area (Å²) in [6.07, 6.45) is 0. The van der Waals surface area contributed by atoms with E-state index in [4.69, 9.17) is 16.3 Å². The summed E-state index contributed by atoms with van der Waals surface area (Å²) in [6.45, 7) is 0.401. The maximum absolute atomic E-state index is 13.6. The molecule has 1 aliphatic rings. The number of hydrogen-bond donors (Lipinski definition) is 1. The van der Waals surface area contributed by atoms with Crippen molar-refractivity contribution in [1.29, 1.82) is 0 Å². The maximum atomic E-state index is 13.6. The van der Waals surface area contributed by atoms with Crippen LogP contribution in [0.15, 0.2) is 112 Å². The number of nitrogens with zero attached hydrogens (tertiary/aromatic N) is 3. The molecule has 0 saturated heterocycles. The lowest BCUT2D eigenvalue weighted by Gasteiger charge is -2.24. The number of carbonyl (C=O) groups excluding carboxylic acids is 2. The fraction of sp³-hybridized carbons (Fsp3) is 0.0968. The predicted molar refractivity (Wildman–Crippen MR) is 167 cm³/mol. The Bertz CT molecular complexity index is 1740. The quantitative estimate of drug-likeness (QED) is 0.0951. The van der Waals surface area contributed by atoms with Gasteiger partial charge in [-0.3, -0.25) is 14.5 Å². The van der Waals surface area contributed by atoms with E-state index in [1.807, 2.05) is 54.6 Å². The number of rotatable bonds is 10. The minimum Gasteiger partial charge on any atom is -0.503 e. The lowest BCUT2D eigenvalue weighted by molar-refractivity contribution is -0.117. The third kappa shape index (κ3) is 5.98. The number of amides is 1. The van der Waals surface area contributed by atoms with Gasteiger partial charge >= 0.3 is 0 Å². The van der Waals surface area contributed by atoms with Gasteiger partial charge in [-0.25, -0.2) is 0 Å². The minimum absolute atomic E-state index is 0.00553. The summed E-state index contributed by atoms with van der Waals surface area (Å²) in [4.78, 5) is 28.8. The molecule has 7 nitrogen and oxygen atoms in total. The first-order valence-corrected chi connectivity index (χ1v) is 15.9. The van der Waals surface area contributed by atoms with Crippen LogP contribution in [-0.4, -0.2) is 27.0 Å². The van der Waals surface area contributed by atoms with Gasteiger partial charge in [0.2, 0.25) is 10.9 Å². The Labute approximate surface area is 259 Å². The molecule has 0 bridgehead atoms. The molecule has 1 N–H and O–H groups in total. The Balaban J connectivity index is 1.28. The van der Waals surface area contributed by atoms with Gasteiger partial charge in [0, 0.05) is 10.8 Å². The number of aromatic nitrogens is 2. The van der Waals surface area contributed by atoms with E-state index in [0.717, 1.165) is 11.1 Å². The SMILES string of the molecule is O=C(C1=C(O)C(=O)N(c2nnc(SCc3ccc(Cl)cc3)s2)C1c1ccc(OCc2ccccc2)cc1)c1cccs1. The average Bonchev–Trinajstić information content (AvgIpc) is 3.77. The lowest BCUT2D eigenvalue weighted by Crippen LogP contribution is -2.31. The monoisotopic (exact) mass is 631 g/mol. The molecule has 0 fully saturated rings. The highest BCUT2D eigenvalue weighted by Gasteiger charge is 2.46. The van der Waals surface area contributed by atoms with Gasteiger partial charge in [0.15, 0.2) is 10.1 Å². The van der Waals surface area contributed by atoms with Crippen LogP contribution in [0.5, 0.6) is 5.75 Å². The van der Waals surface area contributed by atoms with Crippen LogP contribution in [0.4, 0.5) is 5.13 Å². The van der Waals surface area contributed by atoms with Crippen LogP contribution >= 0.6 is 46.0 Å². The van der Waals surface area contributed by atoms with Crippen LogP contribution in [-0.2, 0) is 17.2 Å². The molecule has 1 amide bonds. The van der Waals surface area contributed by atoms with Crippen LogP contribution < -0.4 is 9.64 Å². The van der Waals surface area contributed by atoms with Crippen LogP contribution in [0.1, 0.15) is 32.4 Å². The van der Waals surface area contributed by atoms with Crippen molar-refractivity contribution in [1.82, 2.24) is 10.2 Å². The molecule has 0 aliphatic carbocycles. The second-order valence-corrected chi connectivity index (χ2v) is 12.8. The van der Waals surface area contributed by atoms with Gasteiger partial charge in [0.1, 0.15) is 12.4 Å². The Kier molecular flexibility index (Phi) is 8.38. The zero-order chi connectivity index (χ0) is 29.1. The number of aliphatic hydroxyl groups is 1. The van der Waals surface area contributed by atoms with Gasteiger partial charge in [0.05, 0.1) is 16.5 Å². The summed E-state index contributed by atoms with van der Waals surface area (Å²) in [5.41, 5.74) is 2.73. The first-order chi connectivity index (χ1) is 20.5. The van der Waals surface area contributed by atoms with Gasteiger partial charge in [0.25, 0.3) is 5.91 Å². The predicted octanol–water partition coefficient (Wildman–Crippen LogP) is 7.91. The summed E-state index contributed by atoms with van der Waals surface area (Å²) in [5.74, 6) is -0.425. The smallest absolute Gasteiger partial charge is 0.296 e. The van der Waals surface area contributed by atoms with Gasteiger partial charge in [-0.05, 0) is 52.4 Å². The van der Waals surface area contributed by atoms with Gasteiger partial charge in [-0.15, -0.1) is 21.5 Å². The Morgan fingerprint density at radius 3 is 2.43 bits per heavy atom. The Hall–Kier alpha value is -3.96. The molecular formula is C31H22ClN3O4S3. The van der Waals surface area contributed by atoms with Gasteiger partial charge < -0.3 is 9.84 Å². The third-order valence-corrected chi connectivity index (χ3v) is 9.77. The molecule has 1 atom stereocenters. The van der Waals surface area contributed by atoms with Crippen molar-refractivity contribution in [2.75, 3.05) is 4.90 Å². The van der Waals surface area contributed by atoms with Crippen molar-refractivity contribution in [3.05, 3.63) is 134 Å². The largest absolute Gasteiger partial charge is 0.503 e. The molecule has 5 aromatic rings. The first kappa shape index (κ1) is 28.2. The zero-order valence-electron chi connectivity index (χ0n) is 21.8. The molecule has 0 radical (unpaired) electrons. The molecule has 6 rings (SSSR count). The van der Waals surface area contributed by atoms with E-state index in [2.05, 4.69) is 10.2 Å². The third-order valence-electron chi connectivity index (χ3n) is 6.52. The number of ketones is 1. The number of halogens is 1. The van der Waals surface area contributed by atoms with E-state index in [0.29, 0.717) is 37.9 Å². The second-order valence-electron chi connectivity index (χ2n) is 9.26. The molecule has 42 heavy (non-hydrogen) atoms. The normalized spacial score (nSPS) is 14.9. The number of hydrogen-bond acceptors (Lipinski definition) is 9. The van der Waals surface area contributed by atoms with Crippen LogP contribution in [0.3, 0.4) is 0 Å². The van der Waals surface area contributed by atoms with Gasteiger partial charge in [-0.1, -0.05) is 95.4 Å². The standard InChI is InChI=1S/C31H22ClN3O4S3/c32-22-12-8-20(9-13-22)18-41-31-34-33-30(42-31)35-26(25(28(37)29(35)38)27(36)24-7-4-16-40-24)21-10-14-23(15-11-21)39-17-19-5-2-1-3-6-19/h1-16,26,37H,17-18H2. The molecular weight excluding hydrogens is 610 g/mol. The van der Waals surface area contributed by atoms with E-state index >= 15 is 0 Å². The highest BCUT2D eigenvalue weighted by Crippen LogP contribution is 2.44. The fourth-order valence-corrected chi connectivity index (χ4v) is 7.09. The molecule has 3 heterocycles. The molecule has 1 unspecified atom stereocenters. The van der Waals surface area contributed by atoms with Gasteiger partial charge in [-0.2, -0.15) is 0 Å². The highest BCUT2D eigenvalue weighted by atomic mass is 35.5. The number of carbonyl (C=O) groups is 2. The van der Waals surface area contributed by atoms with Crippen molar-refractivity contribution in [3.63, 3.8) is 0 Å². The minimum atomic E-state index is -0.891. The lowest BCUT2D eigenvalue weighted by atomic mass is 9.95. The molecule has 210 valence electrons. The van der Waals surface area contributed by atoms with E-state index in [9.17, 15) is 14.7 Å². The molecule has 2 aromatic heterocycles. The molecule has 11 heteroatoms. The van der Waals surface area contributed by atoms with Crippen molar-refractivity contribution in [2.24, 2.45) is 0 Å². The highest BCUT2D eigenvalue weighted by molar-refractivity contribution is 8.00. The first-order valence-electron chi connectivity index (χ1n) is 12.8. The number of ether oxygens (including phenoxy) is 1. The van der Waals surface area contributed by atoms with E-state index in [1.54, 1.807) is 41.8 Å². The number of anilines is 1. The number of thioether (sulfide) groups is 1. The second kappa shape index (κ2) is 12.5. The maximum Gasteiger partial charge on any atom is 0.296 e. The zero-order valence-corrected chi connectivity index (χ0v) is 25.1. The van der Waals surface area contributed by atoms with Crippen LogP contribution in [0.25, 0.3) is 0 Å². The Morgan fingerprint density at radius 1 is 0.952 bits per heavy atom. The summed E-state index contributed by atoms with van der Waals surface area (Å²) in [6, 6.07) is 27.1. The van der Waals surface area contributed by atoms with Crippen molar-refractivity contribution in [3.8, 4) is 5.75 Å². The molecule has 1 aliphatic heterocycles. The summed E-state index contributed by atoms with van der Waals surface area (Å²) >= 11 is 9.94. The summed E-state index contributed by atoms with van der Waals surface area (Å²) in [5, 5.41) is 22.3.